The van der Waals surface area contributed by atoms with Crippen LogP contribution in [0, 0.1) is 50.2 Å². The second-order valence-corrected chi connectivity index (χ2v) is 28.3. The molecule has 0 spiro atoms. The SMILES string of the molecule is CC1OC(OCC23C(O)CC4(C)C(=CCC5C6(C)CCC(OC7OC(C(=O)O)C(O)C(OC8OC(CO)C(O)C(O)C8O)C7OC7OC(CO)C(O)C(O)C7O)C(C)(C)C6CCC54C)C2CC(C)(C)C(OC(=O)c2ccccc2)C3O)C(O)C(O)C1O. The highest BCUT2D eigenvalue weighted by Gasteiger charge is 2.73. The van der Waals surface area contributed by atoms with Crippen molar-refractivity contribution in [1.82, 2.24) is 0 Å². The van der Waals surface area contributed by atoms with Gasteiger partial charge in [-0.1, -0.05) is 78.3 Å². The van der Waals surface area contributed by atoms with E-state index in [1.165, 1.54) is 6.92 Å². The third kappa shape index (κ3) is 11.0. The van der Waals surface area contributed by atoms with Crippen LogP contribution in [0.1, 0.15) is 111 Å². The number of carbonyl (C=O) groups excluding carboxylic acids is 1. The highest BCUT2D eigenvalue weighted by molar-refractivity contribution is 5.89. The first-order valence-corrected chi connectivity index (χ1v) is 30.5. The molecule has 5 aliphatic carbocycles. The summed E-state index contributed by atoms with van der Waals surface area (Å²) < 4.78 is 55.2. The van der Waals surface area contributed by atoms with Gasteiger partial charge < -0.3 is 119 Å². The van der Waals surface area contributed by atoms with Crippen molar-refractivity contribution in [3.63, 3.8) is 0 Å². The number of hydrogen-bond donors (Lipinski definition) is 15. The molecule has 31 unspecified atom stereocenters. The first-order chi connectivity index (χ1) is 40.7. The van der Waals surface area contributed by atoms with Gasteiger partial charge in [0.1, 0.15) is 97.7 Å². The van der Waals surface area contributed by atoms with E-state index >= 15 is 0 Å². The number of fused-ring (bicyclic) bond motifs is 7. The minimum Gasteiger partial charge on any atom is -0.479 e. The first-order valence-electron chi connectivity index (χ1n) is 30.5. The van der Waals surface area contributed by atoms with Crippen LogP contribution in [0.25, 0.3) is 0 Å². The van der Waals surface area contributed by atoms with E-state index in [2.05, 4.69) is 26.8 Å². The second-order valence-electron chi connectivity index (χ2n) is 28.3. The highest BCUT2D eigenvalue weighted by Crippen LogP contribution is 2.76. The van der Waals surface area contributed by atoms with Crippen LogP contribution in [-0.4, -0.2) is 256 Å². The Morgan fingerprint density at radius 1 is 0.609 bits per heavy atom. The highest BCUT2D eigenvalue weighted by atomic mass is 16.8. The number of aliphatic hydroxyl groups excluding tert-OH is 14. The molecule has 26 heteroatoms. The zero-order valence-corrected chi connectivity index (χ0v) is 50.3. The monoisotopic (exact) mass is 1240 g/mol. The zero-order valence-electron chi connectivity index (χ0n) is 50.3. The van der Waals surface area contributed by atoms with Gasteiger partial charge in [-0.3, -0.25) is 0 Å². The average Bonchev–Trinajstić information content (AvgIpc) is 0.673. The predicted molar refractivity (Wildman–Crippen MR) is 296 cm³/mol. The van der Waals surface area contributed by atoms with Gasteiger partial charge >= 0.3 is 11.9 Å². The van der Waals surface area contributed by atoms with Gasteiger partial charge in [0.15, 0.2) is 31.3 Å². The van der Waals surface area contributed by atoms with Gasteiger partial charge in [-0.15, -0.1) is 0 Å². The maximum absolute atomic E-state index is 13.9. The van der Waals surface area contributed by atoms with E-state index in [0.29, 0.717) is 38.5 Å². The molecule has 4 aliphatic heterocycles. The fourth-order valence-corrected chi connectivity index (χ4v) is 17.7. The van der Waals surface area contributed by atoms with E-state index in [-0.39, 0.29) is 23.8 Å². The Hall–Kier alpha value is -2.98. The fraction of sp³-hybridized carbons (Fsp3) is 0.836. The van der Waals surface area contributed by atoms with E-state index in [9.17, 15) is 86.2 Å². The van der Waals surface area contributed by atoms with Crippen molar-refractivity contribution >= 4 is 11.9 Å². The van der Waals surface area contributed by atoms with Crippen LogP contribution in [0.2, 0.25) is 0 Å². The molecule has 1 aromatic rings. The van der Waals surface area contributed by atoms with Crippen LogP contribution in [0.15, 0.2) is 42.0 Å². The van der Waals surface area contributed by atoms with Crippen LogP contribution in [-0.2, 0) is 47.4 Å². The van der Waals surface area contributed by atoms with E-state index in [1.807, 2.05) is 27.7 Å². The molecule has 31 atom stereocenters. The Morgan fingerprint density at radius 3 is 1.77 bits per heavy atom. The predicted octanol–water partition coefficient (Wildman–Crippen LogP) is -1.66. The molecule has 4 saturated heterocycles. The average molecular weight is 1240 g/mol. The summed E-state index contributed by atoms with van der Waals surface area (Å²) in [5, 5.41) is 166. The van der Waals surface area contributed by atoms with Crippen molar-refractivity contribution in [2.24, 2.45) is 50.2 Å². The molecule has 26 nitrogen and oxygen atoms in total. The molecule has 8 fully saturated rings. The molecule has 15 N–H and O–H groups in total. The number of benzene rings is 1. The standard InChI is InChI=1S/C61H92O26/c1-25-35(65)38(68)41(71)52(80-25)79-24-61-28(20-56(2,3)49(48(61)75)87-51(78)26-12-10-9-11-13-26)27-14-15-32-58(6)18-17-34(57(4,5)31(58)16-19-59(32,7)60(27,8)21-33(61)64)83-55-47(86-54-43(73)40(70)37(67)30(23-63)82-54)45(44(74)46(85-55)50(76)77)84-53-42(72)39(69)36(66)29(22-62)81-53/h9-14,25,28-49,52-55,62-75H,15-24H2,1-8H3,(H,76,77). The number of esters is 1. The van der Waals surface area contributed by atoms with Crippen LogP contribution >= 0.6 is 0 Å². The number of carbonyl (C=O) groups is 2. The lowest BCUT2D eigenvalue weighted by Crippen LogP contribution is -2.72. The van der Waals surface area contributed by atoms with Crippen molar-refractivity contribution < 1.29 is 129 Å². The Kier molecular flexibility index (Phi) is 18.8. The van der Waals surface area contributed by atoms with E-state index < -0.39 is 217 Å². The molecule has 0 radical (unpaired) electrons. The van der Waals surface area contributed by atoms with Crippen molar-refractivity contribution in [2.45, 2.75) is 248 Å². The Bertz CT molecular complexity index is 2630. The minimum absolute atomic E-state index is 0.0500. The van der Waals surface area contributed by atoms with Gasteiger partial charge in [-0.2, -0.15) is 0 Å². The van der Waals surface area contributed by atoms with Crippen molar-refractivity contribution in [3.05, 3.63) is 47.5 Å². The molecule has 0 bridgehead atoms. The van der Waals surface area contributed by atoms with Gasteiger partial charge in [0.05, 0.1) is 49.1 Å². The molecule has 4 heterocycles. The summed E-state index contributed by atoms with van der Waals surface area (Å²) in [6.07, 6.45) is -35.3. The summed E-state index contributed by atoms with van der Waals surface area (Å²) in [4.78, 5) is 26.9. The number of carboxylic acids is 1. The summed E-state index contributed by atoms with van der Waals surface area (Å²) in [5.41, 5.74) is -3.73. The molecule has 492 valence electrons. The van der Waals surface area contributed by atoms with Gasteiger partial charge in [0, 0.05) is 5.41 Å². The molecular formula is C61H92O26. The summed E-state index contributed by atoms with van der Waals surface area (Å²) in [6.45, 7) is 13.9. The zero-order chi connectivity index (χ0) is 63.6. The van der Waals surface area contributed by atoms with Crippen LogP contribution in [0.5, 0.6) is 0 Å². The number of rotatable bonds is 14. The maximum Gasteiger partial charge on any atom is 0.338 e. The summed E-state index contributed by atoms with van der Waals surface area (Å²) in [5.74, 6) is -3.14. The lowest BCUT2D eigenvalue weighted by molar-refractivity contribution is -0.396. The van der Waals surface area contributed by atoms with E-state index in [4.69, 9.17) is 42.6 Å². The third-order valence-electron chi connectivity index (χ3n) is 22.9. The number of hydrogen-bond acceptors (Lipinski definition) is 25. The fourth-order valence-electron chi connectivity index (χ4n) is 17.7. The largest absolute Gasteiger partial charge is 0.479 e. The van der Waals surface area contributed by atoms with E-state index in [0.717, 1.165) is 5.57 Å². The third-order valence-corrected chi connectivity index (χ3v) is 22.9. The lowest BCUT2D eigenvalue weighted by Gasteiger charge is -2.72. The number of aliphatic hydroxyl groups is 14. The Labute approximate surface area is 504 Å². The normalized spacial score (nSPS) is 51.1. The van der Waals surface area contributed by atoms with Crippen LogP contribution in [0.4, 0.5) is 0 Å². The molecule has 87 heavy (non-hydrogen) atoms. The second kappa shape index (κ2) is 24.5. The number of carboxylic acid groups (broad SMARTS) is 1. The lowest BCUT2D eigenvalue weighted by atomic mass is 9.33. The van der Waals surface area contributed by atoms with E-state index in [1.54, 1.807) is 30.3 Å². The number of aliphatic carboxylic acids is 1. The smallest absolute Gasteiger partial charge is 0.338 e. The summed E-state index contributed by atoms with van der Waals surface area (Å²) >= 11 is 0. The molecule has 4 saturated carbocycles. The molecular weight excluding hydrogens is 1150 g/mol. The molecule has 10 rings (SSSR count). The van der Waals surface area contributed by atoms with Crippen molar-refractivity contribution in [1.29, 1.82) is 0 Å². The molecule has 9 aliphatic rings. The quantitative estimate of drug-likeness (QED) is 0.0563. The molecule has 0 aromatic heterocycles. The van der Waals surface area contributed by atoms with Gasteiger partial charge in [-0.25, -0.2) is 9.59 Å². The molecule has 1 aromatic carbocycles. The molecule has 0 amide bonds. The first kappa shape index (κ1) is 66.9. The summed E-state index contributed by atoms with van der Waals surface area (Å²) in [6, 6.07) is 8.36. The topological polar surface area (TPSA) is 421 Å². The number of allylic oxidation sites excluding steroid dienone is 2. The summed E-state index contributed by atoms with van der Waals surface area (Å²) in [7, 11) is 0. The maximum atomic E-state index is 13.9. The minimum atomic E-state index is -2.20. The Balaban J connectivity index is 0.966. The van der Waals surface area contributed by atoms with Gasteiger partial charge in [-0.05, 0) is 103 Å². The number of ether oxygens (including phenoxy) is 9. The van der Waals surface area contributed by atoms with Crippen LogP contribution in [0.3, 0.4) is 0 Å². The van der Waals surface area contributed by atoms with Gasteiger partial charge in [0.2, 0.25) is 0 Å². The van der Waals surface area contributed by atoms with Crippen molar-refractivity contribution in [3.8, 4) is 0 Å². The van der Waals surface area contributed by atoms with Crippen molar-refractivity contribution in [2.75, 3.05) is 19.8 Å². The van der Waals surface area contributed by atoms with Gasteiger partial charge in [0.25, 0.3) is 0 Å². The Morgan fingerprint density at radius 2 is 1.18 bits per heavy atom. The van der Waals surface area contributed by atoms with Crippen LogP contribution < -0.4 is 0 Å².